The molecule has 1 unspecified atom stereocenters. The van der Waals surface area contributed by atoms with Crippen LogP contribution in [0, 0.1) is 12.8 Å². The molecule has 0 saturated carbocycles. The van der Waals surface area contributed by atoms with Crippen molar-refractivity contribution in [3.8, 4) is 0 Å². The van der Waals surface area contributed by atoms with Crippen molar-refractivity contribution in [2.45, 2.75) is 24.7 Å². The Bertz CT molecular complexity index is 493. The summed E-state index contributed by atoms with van der Waals surface area (Å²) in [6.07, 6.45) is 2.05. The molecule has 1 atom stereocenters. The molecule has 1 saturated heterocycles. The molecule has 100 valence electrons. The van der Waals surface area contributed by atoms with E-state index < -0.39 is 10.0 Å². The van der Waals surface area contributed by atoms with Crippen molar-refractivity contribution in [2.24, 2.45) is 5.92 Å². The summed E-state index contributed by atoms with van der Waals surface area (Å²) in [6.45, 7) is 4.39. The molecule has 1 aliphatic rings. The zero-order chi connectivity index (χ0) is 13.0. The minimum absolute atomic E-state index is 0.384. The topological polar surface area (TPSA) is 58.2 Å². The van der Waals surface area contributed by atoms with E-state index in [-0.39, 0.29) is 0 Å². The highest BCUT2D eigenvalue weighted by molar-refractivity contribution is 7.89. The van der Waals surface area contributed by atoms with Gasteiger partial charge in [-0.25, -0.2) is 13.1 Å². The average molecular weight is 268 g/mol. The number of nitrogens with one attached hydrogen (secondary N) is 2. The summed E-state index contributed by atoms with van der Waals surface area (Å²) >= 11 is 0. The Morgan fingerprint density at radius 3 is 2.83 bits per heavy atom. The fraction of sp³-hybridized carbons (Fsp3) is 0.538. The van der Waals surface area contributed by atoms with Gasteiger partial charge in [0.2, 0.25) is 10.0 Å². The molecule has 18 heavy (non-hydrogen) atoms. The van der Waals surface area contributed by atoms with Crippen LogP contribution in [0.2, 0.25) is 0 Å². The zero-order valence-corrected chi connectivity index (χ0v) is 11.5. The summed E-state index contributed by atoms with van der Waals surface area (Å²) in [5.41, 5.74) is 0.785. The predicted molar refractivity (Wildman–Crippen MR) is 72.0 cm³/mol. The van der Waals surface area contributed by atoms with Crippen LogP contribution in [0.15, 0.2) is 29.2 Å². The van der Waals surface area contributed by atoms with Gasteiger partial charge in [0.15, 0.2) is 0 Å². The first kappa shape index (κ1) is 13.5. The van der Waals surface area contributed by atoms with Crippen molar-refractivity contribution in [1.82, 2.24) is 10.0 Å². The van der Waals surface area contributed by atoms with Crippen molar-refractivity contribution < 1.29 is 8.42 Å². The maximum Gasteiger partial charge on any atom is 0.240 e. The quantitative estimate of drug-likeness (QED) is 0.845. The van der Waals surface area contributed by atoms with Crippen LogP contribution >= 0.6 is 0 Å². The number of rotatable bonds is 5. The third-order valence-corrected chi connectivity index (χ3v) is 5.01. The van der Waals surface area contributed by atoms with Crippen LogP contribution in [0.4, 0.5) is 0 Å². The van der Waals surface area contributed by atoms with Crippen LogP contribution in [0.25, 0.3) is 0 Å². The summed E-state index contributed by atoms with van der Waals surface area (Å²) in [5.74, 6) is 0.601. The number of hydrogen-bond donors (Lipinski definition) is 2. The van der Waals surface area contributed by atoms with Crippen molar-refractivity contribution in [1.29, 1.82) is 0 Å². The van der Waals surface area contributed by atoms with E-state index in [1.54, 1.807) is 12.1 Å². The number of benzene rings is 1. The van der Waals surface area contributed by atoms with Crippen LogP contribution in [0.5, 0.6) is 0 Å². The molecule has 2 N–H and O–H groups in total. The summed E-state index contributed by atoms with van der Waals surface area (Å²) in [5, 5.41) is 3.28. The van der Waals surface area contributed by atoms with E-state index in [9.17, 15) is 8.42 Å². The highest BCUT2D eigenvalue weighted by Crippen LogP contribution is 2.15. The summed E-state index contributed by atoms with van der Waals surface area (Å²) < 4.78 is 26.9. The van der Waals surface area contributed by atoms with Gasteiger partial charge in [-0.15, -0.1) is 0 Å². The molecule has 1 heterocycles. The van der Waals surface area contributed by atoms with Gasteiger partial charge in [0.25, 0.3) is 0 Å². The van der Waals surface area contributed by atoms with Gasteiger partial charge in [-0.3, -0.25) is 0 Å². The SMILES string of the molecule is Cc1ccccc1S(=O)(=O)NCCC1CCNC1. The molecule has 0 aromatic heterocycles. The van der Waals surface area contributed by atoms with E-state index in [1.807, 2.05) is 19.1 Å². The highest BCUT2D eigenvalue weighted by Gasteiger charge is 2.18. The number of sulfonamides is 1. The molecule has 0 spiro atoms. The van der Waals surface area contributed by atoms with E-state index in [1.165, 1.54) is 0 Å². The van der Waals surface area contributed by atoms with Crippen LogP contribution in [-0.4, -0.2) is 28.1 Å². The number of hydrogen-bond acceptors (Lipinski definition) is 3. The number of aryl methyl sites for hydroxylation is 1. The third-order valence-electron chi connectivity index (χ3n) is 3.39. The van der Waals surface area contributed by atoms with Gasteiger partial charge in [-0.1, -0.05) is 18.2 Å². The lowest BCUT2D eigenvalue weighted by Gasteiger charge is -2.11. The van der Waals surface area contributed by atoms with Crippen molar-refractivity contribution >= 4 is 10.0 Å². The minimum Gasteiger partial charge on any atom is -0.316 e. The molecular weight excluding hydrogens is 248 g/mol. The Hall–Kier alpha value is -0.910. The van der Waals surface area contributed by atoms with Crippen LogP contribution < -0.4 is 10.0 Å². The van der Waals surface area contributed by atoms with Crippen LogP contribution in [-0.2, 0) is 10.0 Å². The smallest absolute Gasteiger partial charge is 0.240 e. The van der Waals surface area contributed by atoms with E-state index in [0.717, 1.165) is 31.5 Å². The molecule has 4 nitrogen and oxygen atoms in total. The van der Waals surface area contributed by atoms with Gasteiger partial charge in [0.05, 0.1) is 4.90 Å². The zero-order valence-electron chi connectivity index (χ0n) is 10.6. The van der Waals surface area contributed by atoms with E-state index in [2.05, 4.69) is 10.0 Å². The van der Waals surface area contributed by atoms with Gasteiger partial charge in [0, 0.05) is 6.54 Å². The fourth-order valence-electron chi connectivity index (χ4n) is 2.29. The molecule has 0 aliphatic carbocycles. The third kappa shape index (κ3) is 3.31. The first-order valence-electron chi connectivity index (χ1n) is 6.35. The largest absolute Gasteiger partial charge is 0.316 e. The van der Waals surface area contributed by atoms with Crippen LogP contribution in [0.3, 0.4) is 0 Å². The summed E-state index contributed by atoms with van der Waals surface area (Å²) in [7, 11) is -3.35. The lowest BCUT2D eigenvalue weighted by Crippen LogP contribution is -2.27. The standard InChI is InChI=1S/C13H20N2O2S/c1-11-4-2-3-5-13(11)18(16,17)15-9-7-12-6-8-14-10-12/h2-5,12,14-15H,6-10H2,1H3. The van der Waals surface area contributed by atoms with Crippen molar-refractivity contribution in [2.75, 3.05) is 19.6 Å². The summed E-state index contributed by atoms with van der Waals surface area (Å²) in [6, 6.07) is 7.06. The van der Waals surface area contributed by atoms with E-state index in [0.29, 0.717) is 17.4 Å². The highest BCUT2D eigenvalue weighted by atomic mass is 32.2. The van der Waals surface area contributed by atoms with E-state index >= 15 is 0 Å². The molecule has 0 amide bonds. The van der Waals surface area contributed by atoms with Gasteiger partial charge in [0.1, 0.15) is 0 Å². The van der Waals surface area contributed by atoms with Gasteiger partial charge >= 0.3 is 0 Å². The van der Waals surface area contributed by atoms with Gasteiger partial charge < -0.3 is 5.32 Å². The Balaban J connectivity index is 1.93. The Morgan fingerprint density at radius 1 is 1.39 bits per heavy atom. The van der Waals surface area contributed by atoms with Gasteiger partial charge in [-0.2, -0.15) is 0 Å². The second kappa shape index (κ2) is 5.82. The molecule has 1 aliphatic heterocycles. The maximum atomic E-state index is 12.1. The molecule has 0 bridgehead atoms. The average Bonchev–Trinajstić information content (AvgIpc) is 2.82. The second-order valence-electron chi connectivity index (χ2n) is 4.81. The molecule has 1 fully saturated rings. The Morgan fingerprint density at radius 2 is 2.17 bits per heavy atom. The van der Waals surface area contributed by atoms with Crippen molar-refractivity contribution in [3.63, 3.8) is 0 Å². The normalized spacial score (nSPS) is 20.2. The minimum atomic E-state index is -3.35. The molecular formula is C13H20N2O2S. The molecule has 1 aromatic carbocycles. The van der Waals surface area contributed by atoms with E-state index in [4.69, 9.17) is 0 Å². The Kier molecular flexibility index (Phi) is 4.37. The molecule has 0 radical (unpaired) electrons. The maximum absolute atomic E-state index is 12.1. The first-order chi connectivity index (χ1) is 8.59. The lowest BCUT2D eigenvalue weighted by molar-refractivity contribution is 0.519. The van der Waals surface area contributed by atoms with Gasteiger partial charge in [-0.05, 0) is 50.4 Å². The molecule has 5 heteroatoms. The second-order valence-corrected chi connectivity index (χ2v) is 6.55. The molecule has 1 aromatic rings. The van der Waals surface area contributed by atoms with Crippen molar-refractivity contribution in [3.05, 3.63) is 29.8 Å². The Labute approximate surface area is 109 Å². The fourth-order valence-corrected chi connectivity index (χ4v) is 3.59. The predicted octanol–water partition coefficient (Wildman–Crippen LogP) is 1.27. The summed E-state index contributed by atoms with van der Waals surface area (Å²) in [4.78, 5) is 0.384. The first-order valence-corrected chi connectivity index (χ1v) is 7.84. The van der Waals surface area contributed by atoms with Crippen LogP contribution in [0.1, 0.15) is 18.4 Å². The molecule has 2 rings (SSSR count). The lowest BCUT2D eigenvalue weighted by atomic mass is 10.1. The monoisotopic (exact) mass is 268 g/mol.